The minimum atomic E-state index is -0.732. The molecule has 232 valence electrons. The Labute approximate surface area is 256 Å². The second-order valence-corrected chi connectivity index (χ2v) is 13.2. The number of hydrogen-bond acceptors (Lipinski definition) is 5. The minimum Gasteiger partial charge on any atom is -0.330 e. The first-order chi connectivity index (χ1) is 21.0. The number of carbonyl (C=O) groups excluding carboxylic acids is 4. The van der Waals surface area contributed by atoms with Crippen LogP contribution in [-0.4, -0.2) is 83.3 Å². The van der Waals surface area contributed by atoms with Crippen LogP contribution in [-0.2, 0) is 16.1 Å². The third-order valence-corrected chi connectivity index (χ3v) is 9.57. The Morgan fingerprint density at radius 2 is 1.82 bits per heavy atom. The van der Waals surface area contributed by atoms with Gasteiger partial charge < -0.3 is 9.80 Å². The van der Waals surface area contributed by atoms with Crippen LogP contribution in [0.15, 0.2) is 48.0 Å². The lowest BCUT2D eigenvalue weighted by atomic mass is 9.72. The molecule has 4 aliphatic rings. The quantitative estimate of drug-likeness (QED) is 0.496. The summed E-state index contributed by atoms with van der Waals surface area (Å²) in [5.74, 6) is -1.69. The number of piperidine rings is 1. The van der Waals surface area contributed by atoms with E-state index in [2.05, 4.69) is 24.1 Å². The number of alkyl halides is 1. The van der Waals surface area contributed by atoms with Gasteiger partial charge in [-0.2, -0.15) is 0 Å². The summed E-state index contributed by atoms with van der Waals surface area (Å²) in [5.41, 5.74) is 5.13. The van der Waals surface area contributed by atoms with Crippen molar-refractivity contribution in [1.82, 2.24) is 20.0 Å². The molecule has 2 atom stereocenters. The second kappa shape index (κ2) is 11.9. The molecular formula is C34H38F2N4O4. The molecule has 3 aliphatic heterocycles. The Bertz CT molecular complexity index is 1540. The van der Waals surface area contributed by atoms with Crippen molar-refractivity contribution in [2.24, 2.45) is 5.41 Å². The number of fused-ring (bicyclic) bond motifs is 1. The fraction of sp³-hybridized carbons (Fsp3) is 0.471. The molecule has 0 bridgehead atoms. The van der Waals surface area contributed by atoms with Gasteiger partial charge in [0.15, 0.2) is 0 Å². The Balaban J connectivity index is 1.15. The van der Waals surface area contributed by atoms with Gasteiger partial charge in [-0.1, -0.05) is 31.6 Å². The average molecular weight is 605 g/mol. The Morgan fingerprint density at radius 3 is 2.55 bits per heavy atom. The van der Waals surface area contributed by atoms with Crippen LogP contribution in [0.2, 0.25) is 0 Å². The van der Waals surface area contributed by atoms with Crippen molar-refractivity contribution in [2.75, 3.05) is 32.9 Å². The molecule has 2 aromatic rings. The van der Waals surface area contributed by atoms with E-state index in [0.29, 0.717) is 42.9 Å². The van der Waals surface area contributed by atoms with E-state index in [1.165, 1.54) is 28.2 Å². The summed E-state index contributed by atoms with van der Waals surface area (Å²) in [6, 6.07) is 10.2. The SMILES string of the molecule is CC1(C)CCC(CN2CCN(C(=O)c3ccc4c(c3)CN(C3CCC(=O)NC3=O)C4=O)C(CF)C2)=C(c2ccc(F)cc2)C1. The van der Waals surface area contributed by atoms with Gasteiger partial charge in [0.2, 0.25) is 11.8 Å². The highest BCUT2D eigenvalue weighted by atomic mass is 19.1. The molecule has 2 fully saturated rings. The third-order valence-electron chi connectivity index (χ3n) is 9.57. The molecule has 4 amide bonds. The lowest BCUT2D eigenvalue weighted by Gasteiger charge is -2.42. The third kappa shape index (κ3) is 5.92. The van der Waals surface area contributed by atoms with Crippen LogP contribution in [0.4, 0.5) is 8.78 Å². The van der Waals surface area contributed by atoms with Gasteiger partial charge in [-0.3, -0.25) is 29.4 Å². The largest absolute Gasteiger partial charge is 0.330 e. The highest BCUT2D eigenvalue weighted by Gasteiger charge is 2.40. The molecule has 2 unspecified atom stereocenters. The maximum Gasteiger partial charge on any atom is 0.255 e. The number of nitrogens with one attached hydrogen (secondary N) is 1. The zero-order chi connectivity index (χ0) is 31.2. The predicted molar refractivity (Wildman–Crippen MR) is 161 cm³/mol. The molecule has 0 spiro atoms. The maximum absolute atomic E-state index is 14.4. The number of allylic oxidation sites excluding steroid dienone is 1. The van der Waals surface area contributed by atoms with Crippen molar-refractivity contribution in [3.8, 4) is 0 Å². The Morgan fingerprint density at radius 1 is 1.05 bits per heavy atom. The van der Waals surface area contributed by atoms with Crippen molar-refractivity contribution in [3.63, 3.8) is 0 Å². The van der Waals surface area contributed by atoms with Gasteiger partial charge in [-0.15, -0.1) is 0 Å². The van der Waals surface area contributed by atoms with Crippen molar-refractivity contribution in [3.05, 3.63) is 76.1 Å². The van der Waals surface area contributed by atoms with E-state index in [0.717, 1.165) is 24.8 Å². The highest BCUT2D eigenvalue weighted by molar-refractivity contribution is 6.06. The topological polar surface area (TPSA) is 90.0 Å². The van der Waals surface area contributed by atoms with Crippen LogP contribution in [0.3, 0.4) is 0 Å². The molecule has 0 saturated carbocycles. The van der Waals surface area contributed by atoms with Crippen molar-refractivity contribution in [2.45, 2.75) is 64.6 Å². The predicted octanol–water partition coefficient (Wildman–Crippen LogP) is 4.35. The average Bonchev–Trinajstić information content (AvgIpc) is 3.33. The fourth-order valence-electron chi connectivity index (χ4n) is 7.07. The summed E-state index contributed by atoms with van der Waals surface area (Å²) in [6.07, 6.45) is 3.28. The number of hydrogen-bond donors (Lipinski definition) is 1. The number of amides is 4. The fourth-order valence-corrected chi connectivity index (χ4v) is 7.07. The molecule has 6 rings (SSSR count). The van der Waals surface area contributed by atoms with Gasteiger partial charge in [0.1, 0.15) is 18.5 Å². The summed E-state index contributed by atoms with van der Waals surface area (Å²) in [4.78, 5) is 55.9. The number of rotatable bonds is 6. The van der Waals surface area contributed by atoms with Gasteiger partial charge >= 0.3 is 0 Å². The molecular weight excluding hydrogens is 566 g/mol. The molecule has 2 saturated heterocycles. The number of imide groups is 1. The summed E-state index contributed by atoms with van der Waals surface area (Å²) in [6.45, 7) is 6.04. The van der Waals surface area contributed by atoms with E-state index in [9.17, 15) is 28.0 Å². The number of carbonyl (C=O) groups is 4. The van der Waals surface area contributed by atoms with E-state index in [-0.39, 0.29) is 48.3 Å². The first-order valence-corrected chi connectivity index (χ1v) is 15.4. The smallest absolute Gasteiger partial charge is 0.255 e. The standard InChI is InChI=1S/C34H38F2N4O4/c1-34(2)12-11-23(28(16-34)21-3-6-25(36)7-4-21)18-38-13-14-39(26(17-35)20-38)32(43)22-5-8-27-24(15-22)19-40(33(27)44)29-9-10-30(41)37-31(29)42/h3-8,15,26,29H,9-14,16-20H2,1-2H3,(H,37,41,42). The monoisotopic (exact) mass is 604 g/mol. The summed E-state index contributed by atoms with van der Waals surface area (Å²) >= 11 is 0. The van der Waals surface area contributed by atoms with E-state index in [1.807, 2.05) is 12.1 Å². The van der Waals surface area contributed by atoms with Crippen molar-refractivity contribution >= 4 is 29.2 Å². The molecule has 0 radical (unpaired) electrons. The molecule has 1 N–H and O–H groups in total. The van der Waals surface area contributed by atoms with E-state index < -0.39 is 24.7 Å². The van der Waals surface area contributed by atoms with E-state index >= 15 is 0 Å². The van der Waals surface area contributed by atoms with E-state index in [1.54, 1.807) is 23.1 Å². The van der Waals surface area contributed by atoms with Crippen LogP contribution in [0.25, 0.3) is 5.57 Å². The summed E-state index contributed by atoms with van der Waals surface area (Å²) in [7, 11) is 0. The first-order valence-electron chi connectivity index (χ1n) is 15.4. The molecule has 8 nitrogen and oxygen atoms in total. The second-order valence-electron chi connectivity index (χ2n) is 13.2. The molecule has 0 aromatic heterocycles. The van der Waals surface area contributed by atoms with Gasteiger partial charge in [0.05, 0.1) is 6.04 Å². The van der Waals surface area contributed by atoms with Crippen molar-refractivity contribution in [1.29, 1.82) is 0 Å². The van der Waals surface area contributed by atoms with Crippen LogP contribution in [0.1, 0.15) is 77.8 Å². The van der Waals surface area contributed by atoms with Crippen LogP contribution < -0.4 is 5.32 Å². The van der Waals surface area contributed by atoms with Crippen LogP contribution in [0, 0.1) is 11.2 Å². The van der Waals surface area contributed by atoms with Crippen LogP contribution in [0.5, 0.6) is 0 Å². The number of nitrogens with zero attached hydrogens (tertiary/aromatic N) is 3. The Hall–Kier alpha value is -3.92. The maximum atomic E-state index is 14.4. The Kier molecular flexibility index (Phi) is 8.13. The molecule has 1 aliphatic carbocycles. The molecule has 2 aromatic carbocycles. The van der Waals surface area contributed by atoms with Crippen molar-refractivity contribution < 1.29 is 28.0 Å². The molecule has 44 heavy (non-hydrogen) atoms. The van der Waals surface area contributed by atoms with Gasteiger partial charge in [0.25, 0.3) is 11.8 Å². The summed E-state index contributed by atoms with van der Waals surface area (Å²) < 4.78 is 28.1. The number of benzene rings is 2. The van der Waals surface area contributed by atoms with Gasteiger partial charge in [0, 0.05) is 50.3 Å². The molecule has 3 heterocycles. The number of halogens is 2. The molecule has 10 heteroatoms. The minimum absolute atomic E-state index is 0.138. The number of piperazine rings is 1. The zero-order valence-corrected chi connectivity index (χ0v) is 25.2. The zero-order valence-electron chi connectivity index (χ0n) is 25.2. The van der Waals surface area contributed by atoms with Crippen LogP contribution >= 0.6 is 0 Å². The highest BCUT2D eigenvalue weighted by Crippen LogP contribution is 2.43. The summed E-state index contributed by atoms with van der Waals surface area (Å²) in [5, 5.41) is 2.29. The lowest BCUT2D eigenvalue weighted by molar-refractivity contribution is -0.136. The first kappa shape index (κ1) is 30.1. The lowest BCUT2D eigenvalue weighted by Crippen LogP contribution is -2.56. The van der Waals surface area contributed by atoms with E-state index in [4.69, 9.17) is 0 Å². The van der Waals surface area contributed by atoms with Gasteiger partial charge in [-0.25, -0.2) is 8.78 Å². The van der Waals surface area contributed by atoms with Gasteiger partial charge in [-0.05, 0) is 78.1 Å². The normalized spacial score (nSPS) is 24.0.